The van der Waals surface area contributed by atoms with Gasteiger partial charge in [0.15, 0.2) is 0 Å². The van der Waals surface area contributed by atoms with Crippen molar-refractivity contribution in [2.75, 3.05) is 26.8 Å². The molecule has 0 atom stereocenters. The molecule has 4 N–H and O–H groups in total. The highest BCUT2D eigenvalue weighted by Crippen LogP contribution is 2.62. The number of nitrogens with zero attached hydrogens (tertiary/aromatic N) is 4. The van der Waals surface area contributed by atoms with E-state index in [4.69, 9.17) is 15.9 Å². The Morgan fingerprint density at radius 3 is 2.20 bits per heavy atom. The Morgan fingerprint density at radius 2 is 1.62 bits per heavy atom. The van der Waals surface area contributed by atoms with E-state index < -0.39 is 28.5 Å². The van der Waals surface area contributed by atoms with E-state index in [1.54, 1.807) is 7.05 Å². The third-order valence-corrected chi connectivity index (χ3v) is 10.5. The van der Waals surface area contributed by atoms with Gasteiger partial charge in [0.2, 0.25) is 5.88 Å². The van der Waals surface area contributed by atoms with Crippen LogP contribution in [0.4, 0.5) is 4.79 Å². The first-order chi connectivity index (χ1) is 19.1. The number of nitrogen functional groups attached to an aromatic ring is 1. The number of hydrogen-bond donors (Lipinski definition) is 3. The van der Waals surface area contributed by atoms with Crippen LogP contribution in [-0.4, -0.2) is 74.2 Å². The molecule has 5 fully saturated rings. The number of urea groups is 1. The zero-order valence-corrected chi connectivity index (χ0v) is 23.2. The number of imide groups is 1. The van der Waals surface area contributed by atoms with Crippen molar-refractivity contribution in [3.05, 3.63) is 26.4 Å². The van der Waals surface area contributed by atoms with Crippen molar-refractivity contribution in [2.45, 2.75) is 88.8 Å². The minimum Gasteiger partial charge on any atom is -0.494 e. The highest BCUT2D eigenvalue weighted by Gasteiger charge is 2.68. The molecule has 0 radical (unpaired) electrons. The van der Waals surface area contributed by atoms with Crippen LogP contribution in [-0.2, 0) is 16.1 Å². The van der Waals surface area contributed by atoms with E-state index in [9.17, 15) is 24.3 Å². The van der Waals surface area contributed by atoms with Gasteiger partial charge < -0.3 is 20.5 Å². The lowest BCUT2D eigenvalue weighted by Gasteiger charge is -2.58. The van der Waals surface area contributed by atoms with Crippen molar-refractivity contribution < 1.29 is 19.4 Å². The zero-order valence-electron chi connectivity index (χ0n) is 23.2. The highest BCUT2D eigenvalue weighted by atomic mass is 16.5. The maximum Gasteiger partial charge on any atom is 0.334 e. The normalized spacial score (nSPS) is 31.2. The molecule has 12 heteroatoms. The van der Waals surface area contributed by atoms with E-state index in [0.717, 1.165) is 44.9 Å². The molecule has 3 amide bonds. The first-order valence-electron chi connectivity index (χ1n) is 14.7. The van der Waals surface area contributed by atoms with E-state index in [1.807, 2.05) is 4.90 Å². The van der Waals surface area contributed by atoms with E-state index in [2.05, 4.69) is 0 Å². The summed E-state index contributed by atoms with van der Waals surface area (Å²) in [6.45, 7) is 2.23. The number of aromatic hydroxyl groups is 1. The number of carbonyl (C=O) groups excluding carboxylic acids is 2. The van der Waals surface area contributed by atoms with Crippen LogP contribution in [0.25, 0.3) is 0 Å². The molecule has 0 aromatic carbocycles. The lowest BCUT2D eigenvalue weighted by molar-refractivity contribution is -0.150. The number of amidine groups is 1. The molecule has 6 rings (SSSR count). The second-order valence-corrected chi connectivity index (χ2v) is 12.9. The Balaban J connectivity index is 1.21. The fourth-order valence-corrected chi connectivity index (χ4v) is 7.99. The summed E-state index contributed by atoms with van der Waals surface area (Å²) in [5.74, 6) is -0.622. The number of likely N-dealkylation sites (N-methyl/N-ethyl adjacent to an activating group) is 1. The van der Waals surface area contributed by atoms with Gasteiger partial charge in [-0.1, -0.05) is 6.42 Å². The maximum atomic E-state index is 13.5. The molecule has 2 aliphatic heterocycles. The van der Waals surface area contributed by atoms with Gasteiger partial charge in [0.25, 0.3) is 11.5 Å². The van der Waals surface area contributed by atoms with Gasteiger partial charge in [0, 0.05) is 39.4 Å². The van der Waals surface area contributed by atoms with Crippen LogP contribution in [0, 0.1) is 22.7 Å². The molecule has 5 aliphatic rings. The molecule has 218 valence electrons. The largest absolute Gasteiger partial charge is 0.494 e. The second-order valence-electron chi connectivity index (χ2n) is 12.9. The zero-order chi connectivity index (χ0) is 28.4. The number of carbonyl (C=O) groups is 2. The van der Waals surface area contributed by atoms with Gasteiger partial charge in [-0.25, -0.2) is 9.59 Å². The minimum atomic E-state index is -0.802. The van der Waals surface area contributed by atoms with Gasteiger partial charge >= 0.3 is 11.7 Å². The summed E-state index contributed by atoms with van der Waals surface area (Å²) in [6, 6.07) is -0.602. The fourth-order valence-electron chi connectivity index (χ4n) is 7.99. The molecule has 3 aliphatic carbocycles. The summed E-state index contributed by atoms with van der Waals surface area (Å²) in [5, 5.41) is 18.6. The Kier molecular flexibility index (Phi) is 6.59. The molecule has 0 unspecified atom stereocenters. The molecule has 12 nitrogen and oxygen atoms in total. The Hall–Kier alpha value is -3.15. The van der Waals surface area contributed by atoms with E-state index in [0.29, 0.717) is 57.9 Å². The highest BCUT2D eigenvalue weighted by molar-refractivity contribution is 6.07. The molecule has 3 saturated carbocycles. The van der Waals surface area contributed by atoms with Crippen LogP contribution in [0.1, 0.15) is 82.2 Å². The number of aromatic nitrogens is 2. The van der Waals surface area contributed by atoms with Crippen LogP contribution in [0.2, 0.25) is 0 Å². The van der Waals surface area contributed by atoms with E-state index in [1.165, 1.54) is 14.0 Å². The standard InChI is InChI=1S/C28H40N6O6/c1-31-24(37)28(33(25(31)38)14-18-7-11-40-12-8-18)15-27(16-28)9-5-19(6-10-27)34-23(36)20(21(29)30)22(35)32(26(34)39)13-17-3-2-4-17/h17-19,35H,2-16H2,1H3,(H3,29,30). The average molecular weight is 557 g/mol. The third kappa shape index (κ3) is 4.09. The molecule has 2 saturated heterocycles. The van der Waals surface area contributed by atoms with Crippen molar-refractivity contribution in [3.8, 4) is 5.88 Å². The Bertz CT molecular complexity index is 1340. The van der Waals surface area contributed by atoms with Gasteiger partial charge in [0.1, 0.15) is 16.9 Å². The van der Waals surface area contributed by atoms with Crippen LogP contribution >= 0.6 is 0 Å². The second kappa shape index (κ2) is 9.74. The first kappa shape index (κ1) is 27.0. The fraction of sp³-hybridized carbons (Fsp3) is 0.750. The molecule has 0 bridgehead atoms. The van der Waals surface area contributed by atoms with Gasteiger partial charge in [-0.3, -0.25) is 29.0 Å². The van der Waals surface area contributed by atoms with Crippen molar-refractivity contribution in [2.24, 2.45) is 23.0 Å². The quantitative estimate of drug-likeness (QED) is 0.273. The van der Waals surface area contributed by atoms with Crippen molar-refractivity contribution in [1.82, 2.24) is 18.9 Å². The predicted octanol–water partition coefficient (Wildman–Crippen LogP) is 1.75. The number of amides is 3. The monoisotopic (exact) mass is 556 g/mol. The van der Waals surface area contributed by atoms with Crippen LogP contribution < -0.4 is 17.0 Å². The Labute approximate surface area is 232 Å². The van der Waals surface area contributed by atoms with Crippen LogP contribution in [0.3, 0.4) is 0 Å². The van der Waals surface area contributed by atoms with Crippen LogP contribution in [0.15, 0.2) is 9.59 Å². The van der Waals surface area contributed by atoms with Crippen LogP contribution in [0.5, 0.6) is 5.88 Å². The molecular formula is C28H40N6O6. The smallest absolute Gasteiger partial charge is 0.334 e. The topological polar surface area (TPSA) is 164 Å². The molecule has 2 spiro atoms. The number of nitrogens with one attached hydrogen (secondary N) is 1. The SMILES string of the molecule is CN1C(=O)N(CC2CCOCC2)C2(CC3(CCC(n4c(=O)c(C(=N)N)c(O)n(CC5CCC5)c4=O)CC3)C2)C1=O. The lowest BCUT2D eigenvalue weighted by atomic mass is 9.51. The Morgan fingerprint density at radius 1 is 1.00 bits per heavy atom. The predicted molar refractivity (Wildman–Crippen MR) is 145 cm³/mol. The molecule has 1 aromatic rings. The average Bonchev–Trinajstić information content (AvgIpc) is 3.05. The van der Waals surface area contributed by atoms with Gasteiger partial charge in [0.05, 0.1) is 0 Å². The van der Waals surface area contributed by atoms with Gasteiger partial charge in [-0.2, -0.15) is 0 Å². The van der Waals surface area contributed by atoms with Crippen molar-refractivity contribution in [3.63, 3.8) is 0 Å². The molecule has 40 heavy (non-hydrogen) atoms. The number of nitrogens with two attached hydrogens (primary N) is 1. The number of hydrogen-bond acceptors (Lipinski definition) is 7. The number of ether oxygens (including phenoxy) is 1. The first-order valence-corrected chi connectivity index (χ1v) is 14.7. The summed E-state index contributed by atoms with van der Waals surface area (Å²) in [4.78, 5) is 56.4. The summed E-state index contributed by atoms with van der Waals surface area (Å²) in [5.41, 5.74) is 3.18. The van der Waals surface area contributed by atoms with E-state index >= 15 is 0 Å². The molecule has 1 aromatic heterocycles. The minimum absolute atomic E-state index is 0.125. The summed E-state index contributed by atoms with van der Waals surface area (Å²) in [6.07, 6.45) is 8.51. The number of rotatable bonds is 6. The maximum absolute atomic E-state index is 13.5. The summed E-state index contributed by atoms with van der Waals surface area (Å²) in [7, 11) is 1.57. The van der Waals surface area contributed by atoms with Gasteiger partial charge in [-0.15, -0.1) is 0 Å². The lowest BCUT2D eigenvalue weighted by Crippen LogP contribution is -2.64. The summed E-state index contributed by atoms with van der Waals surface area (Å²) < 4.78 is 7.90. The molecule has 3 heterocycles. The van der Waals surface area contributed by atoms with Gasteiger partial charge in [-0.05, 0) is 81.5 Å². The van der Waals surface area contributed by atoms with Crippen molar-refractivity contribution >= 4 is 17.8 Å². The summed E-state index contributed by atoms with van der Waals surface area (Å²) >= 11 is 0. The van der Waals surface area contributed by atoms with Crippen molar-refractivity contribution in [1.29, 1.82) is 5.41 Å². The van der Waals surface area contributed by atoms with E-state index in [-0.39, 0.29) is 34.9 Å². The third-order valence-electron chi connectivity index (χ3n) is 10.5. The molecular weight excluding hydrogens is 516 g/mol.